The van der Waals surface area contributed by atoms with E-state index in [1.165, 1.54) is 24.3 Å². The molecule has 1 aromatic heterocycles. The van der Waals surface area contributed by atoms with Gasteiger partial charge in [0.05, 0.1) is 11.7 Å². The van der Waals surface area contributed by atoms with Crippen LogP contribution < -0.4 is 4.72 Å². The molecule has 0 amide bonds. The molecule has 0 aliphatic rings. The van der Waals surface area contributed by atoms with Crippen LogP contribution in [-0.4, -0.2) is 30.5 Å². The molecule has 1 heterocycles. The predicted molar refractivity (Wildman–Crippen MR) is 132 cm³/mol. The molecule has 1 atom stereocenters. The summed E-state index contributed by atoms with van der Waals surface area (Å²) in [6.07, 6.45) is -0.863. The highest BCUT2D eigenvalue weighted by Crippen LogP contribution is 2.20. The number of aromatic nitrogens is 1. The maximum atomic E-state index is 13.0. The number of fused-ring (bicyclic) bond motifs is 1. The van der Waals surface area contributed by atoms with Crippen molar-refractivity contribution in [1.29, 1.82) is 0 Å². The van der Waals surface area contributed by atoms with E-state index in [0.29, 0.717) is 5.56 Å². The number of aliphatic carboxylic acids is 1. The smallest absolute Gasteiger partial charge is 0.322 e. The Morgan fingerprint density at radius 3 is 2.39 bits per heavy atom. The van der Waals surface area contributed by atoms with Crippen LogP contribution in [0, 0.1) is 18.7 Å². The van der Waals surface area contributed by atoms with E-state index in [0.717, 1.165) is 11.1 Å². The summed E-state index contributed by atoms with van der Waals surface area (Å²) >= 11 is 0. The predicted octanol–water partition coefficient (Wildman–Crippen LogP) is 4.34. The average Bonchev–Trinajstić information content (AvgIpc) is 3.25. The molecule has 0 radical (unpaired) electrons. The molecule has 4 aromatic rings. The highest BCUT2D eigenvalue weighted by molar-refractivity contribution is 7.89. The summed E-state index contributed by atoms with van der Waals surface area (Å²) in [5, 5.41) is 9.68. The van der Waals surface area contributed by atoms with Gasteiger partial charge < -0.3 is 10.1 Å². The zero-order valence-electron chi connectivity index (χ0n) is 23.2. The second kappa shape index (κ2) is 9.33. The Morgan fingerprint density at radius 1 is 1.12 bits per heavy atom. The number of H-pyrrole nitrogens is 1. The van der Waals surface area contributed by atoms with Gasteiger partial charge in [-0.2, -0.15) is 4.72 Å². The Labute approximate surface area is 203 Å². The van der Waals surface area contributed by atoms with E-state index >= 15 is 0 Å². The molecule has 33 heavy (non-hydrogen) atoms. The number of sulfonamides is 1. The molecule has 170 valence electrons. The minimum absolute atomic E-state index is 0. The number of para-hydroxylation sites is 1. The van der Waals surface area contributed by atoms with E-state index < -0.39 is 52.6 Å². The Balaban J connectivity index is 0.00000294. The van der Waals surface area contributed by atoms with Crippen molar-refractivity contribution in [1.82, 2.24) is 9.71 Å². The lowest BCUT2D eigenvalue weighted by Crippen LogP contribution is -2.42. The molecule has 0 spiro atoms. The Kier molecular flexibility index (Phi) is 4.48. The van der Waals surface area contributed by atoms with Crippen LogP contribution in [0.1, 0.15) is 33.3 Å². The summed E-state index contributed by atoms with van der Waals surface area (Å²) in [7, 11) is -4.32. The molecule has 0 saturated carbocycles. The first-order chi connectivity index (χ1) is 18.4. The monoisotopic (exact) mass is 470 g/mol. The summed E-state index contributed by atoms with van der Waals surface area (Å²) in [4.78, 5) is 14.3. The third kappa shape index (κ3) is 5.32. The zero-order valence-corrected chi connectivity index (χ0v) is 18.0. The number of hydrogen-bond donors (Lipinski definition) is 3. The minimum Gasteiger partial charge on any atom is -0.480 e. The summed E-state index contributed by atoms with van der Waals surface area (Å²) < 4.78 is 75.5. The molecule has 0 fully saturated rings. The van der Waals surface area contributed by atoms with Gasteiger partial charge in [-0.15, -0.1) is 0 Å². The average molecular weight is 471 g/mol. The minimum atomic E-state index is -4.32. The van der Waals surface area contributed by atoms with Gasteiger partial charge in [0.1, 0.15) is 6.04 Å². The lowest BCUT2D eigenvalue weighted by molar-refractivity contribution is -0.138. The number of aryl methyl sites for hydroxylation is 1. The zero-order chi connectivity index (χ0) is 28.5. The Morgan fingerprint density at radius 2 is 1.76 bits per heavy atom. The first kappa shape index (κ1) is 15.9. The molecule has 6 nitrogen and oxygen atoms in total. The summed E-state index contributed by atoms with van der Waals surface area (Å²) in [6, 6.07) is 9.05. The van der Waals surface area contributed by atoms with Crippen molar-refractivity contribution in [3.8, 4) is 11.8 Å². The van der Waals surface area contributed by atoms with Crippen molar-refractivity contribution in [3.63, 3.8) is 0 Å². The molecule has 0 unspecified atom stereocenters. The van der Waals surface area contributed by atoms with Crippen molar-refractivity contribution >= 4 is 26.9 Å². The van der Waals surface area contributed by atoms with Crippen LogP contribution in [0.15, 0.2) is 83.8 Å². The fourth-order valence-electron chi connectivity index (χ4n) is 3.07. The van der Waals surface area contributed by atoms with E-state index in [9.17, 15) is 18.3 Å². The van der Waals surface area contributed by atoms with E-state index in [-0.39, 0.29) is 37.3 Å². The van der Waals surface area contributed by atoms with Gasteiger partial charge in [-0.1, -0.05) is 47.7 Å². The number of benzene rings is 3. The summed E-state index contributed by atoms with van der Waals surface area (Å²) in [6.45, 7) is 0.169. The van der Waals surface area contributed by atoms with Crippen molar-refractivity contribution in [2.24, 2.45) is 0 Å². The molecule has 7 heteroatoms. The van der Waals surface area contributed by atoms with Crippen LogP contribution in [0.25, 0.3) is 10.9 Å². The topological polar surface area (TPSA) is 99.3 Å². The van der Waals surface area contributed by atoms with Crippen LogP contribution in [0.2, 0.25) is 0 Å². The molecule has 0 aliphatic heterocycles. The van der Waals surface area contributed by atoms with Gasteiger partial charge >= 0.3 is 5.97 Å². The van der Waals surface area contributed by atoms with E-state index in [2.05, 4.69) is 21.5 Å². The first-order valence-electron chi connectivity index (χ1n) is 13.0. The number of carboxylic acids is 1. The number of aromatic amines is 1. The molecule has 3 N–H and O–H groups in total. The van der Waals surface area contributed by atoms with Gasteiger partial charge in [-0.25, -0.2) is 8.42 Å². The second-order valence-electron chi connectivity index (χ2n) is 7.17. The normalized spacial score (nSPS) is 14.7. The first-order valence-corrected chi connectivity index (χ1v) is 11.2. The van der Waals surface area contributed by atoms with Crippen LogP contribution in [-0.2, 0) is 21.2 Å². The van der Waals surface area contributed by atoms with E-state index in [4.69, 9.17) is 8.22 Å². The third-order valence-electron chi connectivity index (χ3n) is 4.80. The Hall–Kier alpha value is -3.86. The number of carbonyl (C=O) groups is 1. The van der Waals surface area contributed by atoms with E-state index in [1.54, 1.807) is 24.3 Å². The van der Waals surface area contributed by atoms with Gasteiger partial charge in [0.2, 0.25) is 10.0 Å². The second-order valence-corrected chi connectivity index (χ2v) is 8.88. The van der Waals surface area contributed by atoms with Crippen LogP contribution in [0.3, 0.4) is 0 Å². The molecule has 3 aromatic carbocycles. The fraction of sp³-hybridized carbons (Fsp3) is 0.115. The quantitative estimate of drug-likeness (QED) is 0.365. The molecule has 4 rings (SSSR count). The summed E-state index contributed by atoms with van der Waals surface area (Å²) in [5.74, 6) is 4.34. The van der Waals surface area contributed by atoms with Crippen molar-refractivity contribution in [3.05, 3.63) is 101 Å². The van der Waals surface area contributed by atoms with Gasteiger partial charge in [-0.05, 0) is 54.9 Å². The van der Waals surface area contributed by atoms with Gasteiger partial charge in [-0.3, -0.25) is 4.79 Å². The van der Waals surface area contributed by atoms with Crippen LogP contribution in [0.4, 0.5) is 0 Å². The van der Waals surface area contributed by atoms with Gasteiger partial charge in [0, 0.05) is 38.8 Å². The lowest BCUT2D eigenvalue weighted by Gasteiger charge is -2.14. The standard InChI is InChI=1S/C26H22N2O4S.2H2/c1-18-6-8-19(9-7-18)10-11-20-12-14-22(15-13-20)33(31,32)28-25(26(29)30)16-21-17-27-24-5-3-2-4-23(21)24;;/h2-9,12-15,17,25,27-28H,16H2,1H3,(H,29,30);2*1H/t25-;;/m1../s1/i1D,2D,3D,4D,5D,17D;2*1+1. The molecular formula is C26H26N2O4S. The van der Waals surface area contributed by atoms with E-state index in [1.807, 2.05) is 0 Å². The highest BCUT2D eigenvalue weighted by atomic mass is 32.2. The third-order valence-corrected chi connectivity index (χ3v) is 6.29. The molecule has 0 saturated heterocycles. The number of rotatable bonds is 6. The number of carboxylic acid groups (broad SMARTS) is 1. The largest absolute Gasteiger partial charge is 0.480 e. The molecule has 0 aliphatic carbocycles. The highest BCUT2D eigenvalue weighted by Gasteiger charge is 2.26. The maximum absolute atomic E-state index is 13.0. The summed E-state index contributed by atoms with van der Waals surface area (Å²) in [5.41, 5.74) is 2.01. The van der Waals surface area contributed by atoms with Crippen molar-refractivity contribution in [2.75, 3.05) is 0 Å². The van der Waals surface area contributed by atoms with Crippen LogP contribution >= 0.6 is 0 Å². The van der Waals surface area contributed by atoms with Crippen LogP contribution in [0.5, 0.6) is 0 Å². The fourth-order valence-corrected chi connectivity index (χ4v) is 4.26. The van der Waals surface area contributed by atoms with Gasteiger partial charge in [0.15, 0.2) is 0 Å². The maximum Gasteiger partial charge on any atom is 0.322 e. The Bertz CT molecular complexity index is 1750. The molecule has 0 bridgehead atoms. The molecular weight excluding hydrogens is 436 g/mol. The van der Waals surface area contributed by atoms with Crippen molar-refractivity contribution < 1.29 is 29.4 Å². The SMILES string of the molecule is [2HH].[2HH].[2H]Cc1ccc(C#Cc2ccc(S(=O)(=O)N[C@H](Cc3c([2H])[nH]c4c([2H])c([2H])c([2H])c([2H])c34)C(=O)O)cc2)cc1. The number of nitrogens with one attached hydrogen (secondary N) is 2. The van der Waals surface area contributed by atoms with Crippen molar-refractivity contribution in [2.45, 2.75) is 24.3 Å². The number of hydrogen-bond acceptors (Lipinski definition) is 3. The van der Waals surface area contributed by atoms with Gasteiger partial charge in [0.25, 0.3) is 0 Å². The lowest BCUT2D eigenvalue weighted by atomic mass is 10.1.